The summed E-state index contributed by atoms with van der Waals surface area (Å²) in [5.41, 5.74) is 8.43. The molecule has 0 fully saturated rings. The van der Waals surface area contributed by atoms with Gasteiger partial charge in [0.1, 0.15) is 5.01 Å². The second-order valence-corrected chi connectivity index (χ2v) is 5.71. The zero-order valence-electron chi connectivity index (χ0n) is 10.8. The highest BCUT2D eigenvalue weighted by Gasteiger charge is 2.30. The van der Waals surface area contributed by atoms with Crippen LogP contribution in [0.5, 0.6) is 0 Å². The third-order valence-electron chi connectivity index (χ3n) is 3.74. The molecule has 1 heterocycles. The first-order valence-electron chi connectivity index (χ1n) is 6.23. The van der Waals surface area contributed by atoms with Crippen LogP contribution in [0, 0.1) is 6.92 Å². The molecular formula is C14H20N2S. The van der Waals surface area contributed by atoms with Crippen molar-refractivity contribution in [2.45, 2.75) is 39.0 Å². The number of thiazole rings is 1. The summed E-state index contributed by atoms with van der Waals surface area (Å²) in [6, 6.07) is 6.46. The van der Waals surface area contributed by atoms with Gasteiger partial charge < -0.3 is 5.73 Å². The molecule has 0 saturated carbocycles. The van der Waals surface area contributed by atoms with Crippen molar-refractivity contribution in [3.05, 3.63) is 28.8 Å². The van der Waals surface area contributed by atoms with Crippen molar-refractivity contribution in [2.24, 2.45) is 5.73 Å². The quantitative estimate of drug-likeness (QED) is 0.897. The fourth-order valence-corrected chi connectivity index (χ4v) is 3.48. The predicted octanol–water partition coefficient (Wildman–Crippen LogP) is 3.62. The number of aryl methyl sites for hydroxylation is 1. The predicted molar refractivity (Wildman–Crippen MR) is 75.7 cm³/mol. The van der Waals surface area contributed by atoms with Crippen molar-refractivity contribution < 1.29 is 0 Å². The Morgan fingerprint density at radius 1 is 1.29 bits per heavy atom. The van der Waals surface area contributed by atoms with E-state index >= 15 is 0 Å². The first-order chi connectivity index (χ1) is 8.15. The van der Waals surface area contributed by atoms with Crippen molar-refractivity contribution in [1.29, 1.82) is 0 Å². The van der Waals surface area contributed by atoms with Crippen LogP contribution >= 0.6 is 11.3 Å². The Morgan fingerprint density at radius 2 is 2.00 bits per heavy atom. The Kier molecular flexibility index (Phi) is 3.50. The Hall–Kier alpha value is -0.930. The topological polar surface area (TPSA) is 38.9 Å². The SMILES string of the molecule is CCC(CC)(CN)c1nc2cc(C)ccc2s1. The van der Waals surface area contributed by atoms with Crippen LogP contribution in [0.3, 0.4) is 0 Å². The molecule has 3 heteroatoms. The minimum atomic E-state index is 0.0671. The third kappa shape index (κ3) is 2.09. The van der Waals surface area contributed by atoms with Crippen LogP contribution in [-0.4, -0.2) is 11.5 Å². The molecule has 2 nitrogen and oxygen atoms in total. The summed E-state index contributed by atoms with van der Waals surface area (Å²) in [4.78, 5) is 4.80. The van der Waals surface area contributed by atoms with Gasteiger partial charge in [-0.15, -0.1) is 11.3 Å². The zero-order valence-corrected chi connectivity index (χ0v) is 11.6. The number of nitrogens with two attached hydrogens (primary N) is 1. The lowest BCUT2D eigenvalue weighted by molar-refractivity contribution is 0.405. The molecule has 0 aliphatic carbocycles. The highest BCUT2D eigenvalue weighted by molar-refractivity contribution is 7.18. The average molecular weight is 248 g/mol. The van der Waals surface area contributed by atoms with Crippen molar-refractivity contribution in [2.75, 3.05) is 6.54 Å². The molecule has 1 aromatic heterocycles. The Morgan fingerprint density at radius 3 is 2.59 bits per heavy atom. The summed E-state index contributed by atoms with van der Waals surface area (Å²) in [6.45, 7) is 7.19. The molecule has 0 radical (unpaired) electrons. The highest BCUT2D eigenvalue weighted by Crippen LogP contribution is 2.36. The Labute approximate surface area is 107 Å². The molecule has 2 aromatic rings. The third-order valence-corrected chi connectivity index (χ3v) is 5.02. The molecule has 1 aromatic carbocycles. The summed E-state index contributed by atoms with van der Waals surface area (Å²) in [5.74, 6) is 0. The van der Waals surface area contributed by atoms with E-state index in [1.54, 1.807) is 11.3 Å². The van der Waals surface area contributed by atoms with E-state index in [9.17, 15) is 0 Å². The molecule has 0 atom stereocenters. The van der Waals surface area contributed by atoms with E-state index < -0.39 is 0 Å². The molecule has 2 N–H and O–H groups in total. The van der Waals surface area contributed by atoms with Crippen LogP contribution in [0.25, 0.3) is 10.2 Å². The first-order valence-corrected chi connectivity index (χ1v) is 7.04. The van der Waals surface area contributed by atoms with E-state index in [0.29, 0.717) is 6.54 Å². The van der Waals surface area contributed by atoms with Crippen LogP contribution < -0.4 is 5.73 Å². The van der Waals surface area contributed by atoms with E-state index in [1.807, 2.05) is 0 Å². The molecule has 92 valence electrons. The number of fused-ring (bicyclic) bond motifs is 1. The minimum Gasteiger partial charge on any atom is -0.329 e. The second-order valence-electron chi connectivity index (χ2n) is 4.68. The number of hydrogen-bond acceptors (Lipinski definition) is 3. The normalized spacial score (nSPS) is 12.2. The smallest absolute Gasteiger partial charge is 0.101 e. The van der Waals surface area contributed by atoms with Crippen LogP contribution in [0.2, 0.25) is 0 Å². The zero-order chi connectivity index (χ0) is 12.5. The molecule has 0 aliphatic heterocycles. The molecule has 2 rings (SSSR count). The van der Waals surface area contributed by atoms with Gasteiger partial charge in [-0.2, -0.15) is 0 Å². The molecule has 0 aliphatic rings. The summed E-state index contributed by atoms with van der Waals surface area (Å²) < 4.78 is 1.27. The summed E-state index contributed by atoms with van der Waals surface area (Å²) in [6.07, 6.45) is 2.11. The van der Waals surface area contributed by atoms with Gasteiger partial charge in [-0.25, -0.2) is 4.98 Å². The van der Waals surface area contributed by atoms with Gasteiger partial charge in [-0.1, -0.05) is 19.9 Å². The lowest BCUT2D eigenvalue weighted by Crippen LogP contribution is -2.33. The van der Waals surface area contributed by atoms with Crippen LogP contribution in [-0.2, 0) is 5.41 Å². The van der Waals surface area contributed by atoms with E-state index in [4.69, 9.17) is 10.7 Å². The van der Waals surface area contributed by atoms with Crippen molar-refractivity contribution in [1.82, 2.24) is 4.98 Å². The Balaban J connectivity index is 2.55. The van der Waals surface area contributed by atoms with Crippen molar-refractivity contribution >= 4 is 21.6 Å². The lowest BCUT2D eigenvalue weighted by Gasteiger charge is -2.27. The molecule has 17 heavy (non-hydrogen) atoms. The molecule has 0 spiro atoms. The number of hydrogen-bond donors (Lipinski definition) is 1. The van der Waals surface area contributed by atoms with E-state index in [-0.39, 0.29) is 5.41 Å². The van der Waals surface area contributed by atoms with E-state index in [1.165, 1.54) is 15.3 Å². The van der Waals surface area contributed by atoms with Gasteiger partial charge in [0.15, 0.2) is 0 Å². The number of nitrogens with zero attached hydrogens (tertiary/aromatic N) is 1. The summed E-state index contributed by atoms with van der Waals surface area (Å²) >= 11 is 1.80. The summed E-state index contributed by atoms with van der Waals surface area (Å²) in [5, 5.41) is 1.20. The number of rotatable bonds is 4. The van der Waals surface area contributed by atoms with Crippen LogP contribution in [0.1, 0.15) is 37.3 Å². The van der Waals surface area contributed by atoms with Gasteiger partial charge in [0.05, 0.1) is 10.2 Å². The van der Waals surface area contributed by atoms with E-state index in [0.717, 1.165) is 18.4 Å². The van der Waals surface area contributed by atoms with Crippen molar-refractivity contribution in [3.8, 4) is 0 Å². The molecule has 0 unspecified atom stereocenters. The molecule has 0 saturated heterocycles. The standard InChI is InChI=1S/C14H20N2S/c1-4-14(5-2,9-15)13-16-11-8-10(3)6-7-12(11)17-13/h6-8H,4-5,9,15H2,1-3H3. The number of aromatic nitrogens is 1. The van der Waals surface area contributed by atoms with Gasteiger partial charge in [0.2, 0.25) is 0 Å². The van der Waals surface area contributed by atoms with Gasteiger partial charge in [0.25, 0.3) is 0 Å². The van der Waals surface area contributed by atoms with Crippen molar-refractivity contribution in [3.63, 3.8) is 0 Å². The van der Waals surface area contributed by atoms with Crippen LogP contribution in [0.4, 0.5) is 0 Å². The minimum absolute atomic E-state index is 0.0671. The van der Waals surface area contributed by atoms with Gasteiger partial charge in [-0.05, 0) is 37.5 Å². The Bertz CT molecular complexity index is 504. The average Bonchev–Trinajstić information content (AvgIpc) is 2.75. The van der Waals surface area contributed by atoms with E-state index in [2.05, 4.69) is 39.0 Å². The number of benzene rings is 1. The maximum atomic E-state index is 5.98. The van der Waals surface area contributed by atoms with Gasteiger partial charge in [-0.3, -0.25) is 0 Å². The van der Waals surface area contributed by atoms with Gasteiger partial charge >= 0.3 is 0 Å². The lowest BCUT2D eigenvalue weighted by atomic mass is 9.83. The highest BCUT2D eigenvalue weighted by atomic mass is 32.1. The first kappa shape index (κ1) is 12.5. The fourth-order valence-electron chi connectivity index (χ4n) is 2.19. The molecule has 0 amide bonds. The summed E-state index contributed by atoms with van der Waals surface area (Å²) in [7, 11) is 0. The largest absolute Gasteiger partial charge is 0.329 e. The monoisotopic (exact) mass is 248 g/mol. The van der Waals surface area contributed by atoms with Gasteiger partial charge in [0, 0.05) is 12.0 Å². The molecular weight excluding hydrogens is 228 g/mol. The maximum Gasteiger partial charge on any atom is 0.101 e. The maximum absolute atomic E-state index is 5.98. The fraction of sp³-hybridized carbons (Fsp3) is 0.500. The second kappa shape index (κ2) is 4.75. The van der Waals surface area contributed by atoms with Crippen LogP contribution in [0.15, 0.2) is 18.2 Å². The molecule has 0 bridgehead atoms.